The van der Waals surface area contributed by atoms with Crippen molar-refractivity contribution in [1.29, 1.82) is 0 Å². The first-order chi connectivity index (χ1) is 5.68. The van der Waals surface area contributed by atoms with Crippen LogP contribution in [0.4, 0.5) is 0 Å². The fraction of sp³-hybridized carbons (Fsp3) is 0.625. The predicted octanol–water partition coefficient (Wildman–Crippen LogP) is 0.943. The first kappa shape index (κ1) is 7.61. The molecule has 3 N–H and O–H groups in total. The summed E-state index contributed by atoms with van der Waals surface area (Å²) in [4.78, 5) is 0. The van der Waals surface area contributed by atoms with Gasteiger partial charge in [0, 0.05) is 6.04 Å². The van der Waals surface area contributed by atoms with Crippen LogP contribution in [0.2, 0.25) is 0 Å². The molecule has 0 bridgehead atoms. The van der Waals surface area contributed by atoms with Gasteiger partial charge in [-0.05, 0) is 19.8 Å². The van der Waals surface area contributed by atoms with Gasteiger partial charge in [0.2, 0.25) is 0 Å². The number of aromatic nitrogens is 2. The van der Waals surface area contributed by atoms with E-state index in [0.29, 0.717) is 11.7 Å². The maximum atomic E-state index is 9.42. The summed E-state index contributed by atoms with van der Waals surface area (Å²) in [7, 11) is 0. The van der Waals surface area contributed by atoms with Crippen LogP contribution in [-0.2, 0) is 0 Å². The van der Waals surface area contributed by atoms with Crippen molar-refractivity contribution >= 4 is 0 Å². The largest absolute Gasteiger partial charge is 0.504 e. The van der Waals surface area contributed by atoms with Gasteiger partial charge in [0.15, 0.2) is 5.75 Å². The van der Waals surface area contributed by atoms with Crippen LogP contribution in [0.15, 0.2) is 6.20 Å². The van der Waals surface area contributed by atoms with Crippen molar-refractivity contribution in [2.24, 2.45) is 5.73 Å². The van der Waals surface area contributed by atoms with Crippen molar-refractivity contribution in [3.05, 3.63) is 11.9 Å². The van der Waals surface area contributed by atoms with E-state index in [1.807, 2.05) is 11.6 Å². The molecule has 1 aromatic rings. The topological polar surface area (TPSA) is 64.1 Å². The van der Waals surface area contributed by atoms with Crippen LogP contribution >= 0.6 is 0 Å². The first-order valence-corrected chi connectivity index (χ1v) is 4.22. The van der Waals surface area contributed by atoms with E-state index in [1.54, 1.807) is 6.20 Å². The minimum atomic E-state index is -0.190. The zero-order chi connectivity index (χ0) is 8.72. The van der Waals surface area contributed by atoms with Gasteiger partial charge in [-0.2, -0.15) is 5.10 Å². The Morgan fingerprint density at radius 1 is 1.75 bits per heavy atom. The van der Waals surface area contributed by atoms with Crippen molar-refractivity contribution in [3.8, 4) is 5.75 Å². The summed E-state index contributed by atoms with van der Waals surface area (Å²) in [6.07, 6.45) is 4.00. The Labute approximate surface area is 71.0 Å². The molecule has 12 heavy (non-hydrogen) atoms. The molecule has 1 aliphatic rings. The Bertz CT molecular complexity index is 288. The third kappa shape index (κ3) is 1.18. The van der Waals surface area contributed by atoms with E-state index in [2.05, 4.69) is 5.10 Å². The molecule has 0 spiro atoms. The van der Waals surface area contributed by atoms with Gasteiger partial charge in [-0.3, -0.25) is 4.68 Å². The summed E-state index contributed by atoms with van der Waals surface area (Å²) < 4.78 is 1.81. The summed E-state index contributed by atoms with van der Waals surface area (Å²) in [6, 6.07) is 0.313. The SMILES string of the molecule is CC(N)c1nn(C2CC2)cc1O. The maximum Gasteiger partial charge on any atom is 0.158 e. The van der Waals surface area contributed by atoms with Crippen LogP contribution in [0.25, 0.3) is 0 Å². The van der Waals surface area contributed by atoms with Gasteiger partial charge in [0.1, 0.15) is 5.69 Å². The molecule has 0 radical (unpaired) electrons. The number of hydrogen-bond donors (Lipinski definition) is 2. The van der Waals surface area contributed by atoms with Crippen molar-refractivity contribution in [3.63, 3.8) is 0 Å². The molecule has 1 aromatic heterocycles. The minimum Gasteiger partial charge on any atom is -0.504 e. The fourth-order valence-corrected chi connectivity index (χ4v) is 1.25. The fourth-order valence-electron chi connectivity index (χ4n) is 1.25. The third-order valence-electron chi connectivity index (χ3n) is 2.09. The average Bonchev–Trinajstić information content (AvgIpc) is 2.75. The van der Waals surface area contributed by atoms with Crippen molar-refractivity contribution in [1.82, 2.24) is 9.78 Å². The van der Waals surface area contributed by atoms with Crippen LogP contribution in [0.1, 0.15) is 37.5 Å². The van der Waals surface area contributed by atoms with Crippen molar-refractivity contribution in [2.75, 3.05) is 0 Å². The lowest BCUT2D eigenvalue weighted by Gasteiger charge is -1.99. The molecule has 1 fully saturated rings. The lowest BCUT2D eigenvalue weighted by molar-refractivity contribution is 0.463. The summed E-state index contributed by atoms with van der Waals surface area (Å²) in [5, 5.41) is 13.6. The van der Waals surface area contributed by atoms with E-state index in [9.17, 15) is 5.11 Å². The van der Waals surface area contributed by atoms with E-state index in [1.165, 1.54) is 12.8 Å². The lowest BCUT2D eigenvalue weighted by Crippen LogP contribution is -2.07. The van der Waals surface area contributed by atoms with Gasteiger partial charge in [-0.15, -0.1) is 0 Å². The normalized spacial score (nSPS) is 19.5. The Morgan fingerprint density at radius 2 is 2.42 bits per heavy atom. The average molecular weight is 167 g/mol. The summed E-state index contributed by atoms with van der Waals surface area (Å²) in [5.41, 5.74) is 6.21. The smallest absolute Gasteiger partial charge is 0.158 e. The number of hydrogen-bond acceptors (Lipinski definition) is 3. The monoisotopic (exact) mass is 167 g/mol. The summed E-state index contributed by atoms with van der Waals surface area (Å²) in [5.74, 6) is 0.219. The van der Waals surface area contributed by atoms with Crippen LogP contribution in [0.5, 0.6) is 5.75 Å². The lowest BCUT2D eigenvalue weighted by atomic mass is 10.2. The zero-order valence-corrected chi connectivity index (χ0v) is 7.07. The number of rotatable bonds is 2. The quantitative estimate of drug-likeness (QED) is 0.689. The Kier molecular flexibility index (Phi) is 1.58. The van der Waals surface area contributed by atoms with E-state index in [0.717, 1.165) is 0 Å². The molecule has 0 saturated heterocycles. The van der Waals surface area contributed by atoms with Gasteiger partial charge >= 0.3 is 0 Å². The molecule has 1 heterocycles. The summed E-state index contributed by atoms with van der Waals surface area (Å²) in [6.45, 7) is 1.82. The molecule has 66 valence electrons. The van der Waals surface area contributed by atoms with Crippen LogP contribution in [0, 0.1) is 0 Å². The van der Waals surface area contributed by atoms with E-state index in [-0.39, 0.29) is 11.8 Å². The first-order valence-electron chi connectivity index (χ1n) is 4.22. The molecule has 1 unspecified atom stereocenters. The van der Waals surface area contributed by atoms with Crippen molar-refractivity contribution < 1.29 is 5.11 Å². The second kappa shape index (κ2) is 2.48. The highest BCUT2D eigenvalue weighted by atomic mass is 16.3. The van der Waals surface area contributed by atoms with Gasteiger partial charge in [-0.25, -0.2) is 0 Å². The van der Waals surface area contributed by atoms with Crippen LogP contribution < -0.4 is 5.73 Å². The van der Waals surface area contributed by atoms with E-state index in [4.69, 9.17) is 5.73 Å². The zero-order valence-electron chi connectivity index (χ0n) is 7.07. The number of nitrogens with zero attached hydrogens (tertiary/aromatic N) is 2. The molecule has 0 aromatic carbocycles. The van der Waals surface area contributed by atoms with Gasteiger partial charge in [0.25, 0.3) is 0 Å². The second-order valence-corrected chi connectivity index (χ2v) is 3.40. The number of nitrogens with two attached hydrogens (primary N) is 1. The van der Waals surface area contributed by atoms with E-state index >= 15 is 0 Å². The van der Waals surface area contributed by atoms with Crippen LogP contribution in [0.3, 0.4) is 0 Å². The highest BCUT2D eigenvalue weighted by molar-refractivity contribution is 5.25. The molecule has 4 nitrogen and oxygen atoms in total. The predicted molar refractivity (Wildman–Crippen MR) is 44.8 cm³/mol. The molecular formula is C8H13N3O. The highest BCUT2D eigenvalue weighted by Crippen LogP contribution is 2.36. The Balaban J connectivity index is 2.30. The molecule has 1 saturated carbocycles. The van der Waals surface area contributed by atoms with Crippen LogP contribution in [-0.4, -0.2) is 14.9 Å². The minimum absolute atomic E-state index is 0.190. The highest BCUT2D eigenvalue weighted by Gasteiger charge is 2.26. The van der Waals surface area contributed by atoms with Gasteiger partial charge in [-0.1, -0.05) is 0 Å². The summed E-state index contributed by atoms with van der Waals surface area (Å²) >= 11 is 0. The van der Waals surface area contributed by atoms with Gasteiger partial charge in [0.05, 0.1) is 12.2 Å². The molecule has 4 heteroatoms. The molecular weight excluding hydrogens is 154 g/mol. The Hall–Kier alpha value is -1.03. The van der Waals surface area contributed by atoms with Gasteiger partial charge < -0.3 is 10.8 Å². The standard InChI is InChI=1S/C8H13N3O/c1-5(9)8-7(12)4-11(10-8)6-2-3-6/h4-6,12H,2-3,9H2,1H3. The van der Waals surface area contributed by atoms with E-state index < -0.39 is 0 Å². The molecule has 1 atom stereocenters. The second-order valence-electron chi connectivity index (χ2n) is 3.40. The maximum absolute atomic E-state index is 9.42. The molecule has 1 aliphatic carbocycles. The molecule has 0 aliphatic heterocycles. The number of aromatic hydroxyl groups is 1. The Morgan fingerprint density at radius 3 is 2.83 bits per heavy atom. The molecule has 0 amide bonds. The third-order valence-corrected chi connectivity index (χ3v) is 2.09. The molecule has 2 rings (SSSR count). The van der Waals surface area contributed by atoms with Crippen molar-refractivity contribution in [2.45, 2.75) is 31.8 Å².